The summed E-state index contributed by atoms with van der Waals surface area (Å²) in [5.41, 5.74) is 0. The van der Waals surface area contributed by atoms with Gasteiger partial charge in [-0.05, 0) is 19.3 Å². The molecule has 0 aromatic heterocycles. The fourth-order valence-electron chi connectivity index (χ4n) is 2.33. The molecule has 2 aliphatic rings. The van der Waals surface area contributed by atoms with Crippen molar-refractivity contribution in [3.63, 3.8) is 0 Å². The number of nitrogens with zero attached hydrogens (tertiary/aromatic N) is 1. The number of nitrogens with one attached hydrogen (secondary N) is 1. The van der Waals surface area contributed by atoms with Gasteiger partial charge in [-0.25, -0.2) is 4.79 Å². The third kappa shape index (κ3) is 3.41. The van der Waals surface area contributed by atoms with Gasteiger partial charge in [0.15, 0.2) is 6.10 Å². The van der Waals surface area contributed by atoms with Gasteiger partial charge in [0.2, 0.25) is 5.91 Å². The van der Waals surface area contributed by atoms with Crippen LogP contribution in [-0.4, -0.2) is 60.3 Å². The number of carboxylic acids is 1. The number of carbonyl (C=O) groups is 2. The Labute approximate surface area is 99.9 Å². The molecule has 0 bridgehead atoms. The summed E-state index contributed by atoms with van der Waals surface area (Å²) in [5.74, 6) is -0.851. The summed E-state index contributed by atoms with van der Waals surface area (Å²) >= 11 is 0. The highest BCUT2D eigenvalue weighted by Crippen LogP contribution is 2.20. The predicted octanol–water partition coefficient (Wildman–Crippen LogP) is -0.559. The maximum atomic E-state index is 11.4. The Balaban J connectivity index is 1.80. The average Bonchev–Trinajstić information content (AvgIpc) is 2.63. The summed E-state index contributed by atoms with van der Waals surface area (Å²) in [6.45, 7) is 2.61. The van der Waals surface area contributed by atoms with E-state index in [1.54, 1.807) is 0 Å². The van der Waals surface area contributed by atoms with E-state index in [4.69, 9.17) is 9.84 Å². The standard InChI is InChI=1S/C11H18N2O4/c14-10-7-13(5-1-4-12-10)6-8-2-3-9(17-8)11(15)16/h8-9H,1-7H2,(H,12,14)(H,15,16). The Hall–Kier alpha value is -1.14. The van der Waals surface area contributed by atoms with Gasteiger partial charge in [0.25, 0.3) is 0 Å². The van der Waals surface area contributed by atoms with Crippen LogP contribution in [0.1, 0.15) is 19.3 Å². The molecule has 0 saturated carbocycles. The Morgan fingerprint density at radius 1 is 1.53 bits per heavy atom. The molecule has 0 spiro atoms. The summed E-state index contributed by atoms with van der Waals surface area (Å²) < 4.78 is 5.43. The first-order valence-electron chi connectivity index (χ1n) is 6.02. The van der Waals surface area contributed by atoms with Gasteiger partial charge in [0.1, 0.15) is 0 Å². The minimum absolute atomic E-state index is 0.0373. The highest BCUT2D eigenvalue weighted by molar-refractivity contribution is 5.78. The molecule has 2 unspecified atom stereocenters. The van der Waals surface area contributed by atoms with Crippen LogP contribution < -0.4 is 5.32 Å². The van der Waals surface area contributed by atoms with Gasteiger partial charge in [-0.3, -0.25) is 9.69 Å². The number of ether oxygens (including phenoxy) is 1. The fraction of sp³-hybridized carbons (Fsp3) is 0.818. The number of hydrogen-bond acceptors (Lipinski definition) is 4. The van der Waals surface area contributed by atoms with E-state index in [9.17, 15) is 9.59 Å². The molecule has 6 nitrogen and oxygen atoms in total. The number of amides is 1. The van der Waals surface area contributed by atoms with E-state index >= 15 is 0 Å². The first-order valence-corrected chi connectivity index (χ1v) is 6.02. The topological polar surface area (TPSA) is 78.9 Å². The van der Waals surface area contributed by atoms with E-state index in [0.717, 1.165) is 25.9 Å². The molecule has 2 N–H and O–H groups in total. The van der Waals surface area contributed by atoms with E-state index in [0.29, 0.717) is 19.5 Å². The zero-order valence-corrected chi connectivity index (χ0v) is 9.72. The van der Waals surface area contributed by atoms with Crippen LogP contribution in [0.2, 0.25) is 0 Å². The number of rotatable bonds is 3. The molecule has 0 aromatic rings. The Bertz CT molecular complexity index is 308. The van der Waals surface area contributed by atoms with Crippen molar-refractivity contribution in [3.8, 4) is 0 Å². The third-order valence-electron chi connectivity index (χ3n) is 3.19. The molecule has 6 heteroatoms. The summed E-state index contributed by atoms with van der Waals surface area (Å²) in [4.78, 5) is 24.1. The fourth-order valence-corrected chi connectivity index (χ4v) is 2.33. The second-order valence-corrected chi connectivity index (χ2v) is 4.60. The van der Waals surface area contributed by atoms with Crippen LogP contribution in [0.3, 0.4) is 0 Å². The normalized spacial score (nSPS) is 30.9. The number of aliphatic carboxylic acids is 1. The SMILES string of the molecule is O=C1CN(CC2CCC(C(=O)O)O2)CCCN1. The molecule has 0 aromatic carbocycles. The first-order chi connectivity index (χ1) is 8.15. The second-order valence-electron chi connectivity index (χ2n) is 4.60. The molecule has 2 fully saturated rings. The monoisotopic (exact) mass is 242 g/mol. The largest absolute Gasteiger partial charge is 0.479 e. The zero-order valence-electron chi connectivity index (χ0n) is 9.72. The maximum absolute atomic E-state index is 11.4. The van der Waals surface area contributed by atoms with Gasteiger partial charge < -0.3 is 15.2 Å². The van der Waals surface area contributed by atoms with Crippen molar-refractivity contribution >= 4 is 11.9 Å². The van der Waals surface area contributed by atoms with E-state index in [1.807, 2.05) is 4.90 Å². The Morgan fingerprint density at radius 3 is 3.06 bits per heavy atom. The van der Waals surface area contributed by atoms with Crippen molar-refractivity contribution in [1.29, 1.82) is 0 Å². The van der Waals surface area contributed by atoms with E-state index < -0.39 is 12.1 Å². The minimum atomic E-state index is -0.888. The molecule has 96 valence electrons. The molecular weight excluding hydrogens is 224 g/mol. The lowest BCUT2D eigenvalue weighted by molar-refractivity contribution is -0.149. The van der Waals surface area contributed by atoms with Crippen LogP contribution in [0.5, 0.6) is 0 Å². The molecule has 1 amide bonds. The highest BCUT2D eigenvalue weighted by Gasteiger charge is 2.31. The van der Waals surface area contributed by atoms with Gasteiger partial charge >= 0.3 is 5.97 Å². The van der Waals surface area contributed by atoms with Crippen molar-refractivity contribution < 1.29 is 19.4 Å². The van der Waals surface area contributed by atoms with Gasteiger partial charge in [0, 0.05) is 19.6 Å². The van der Waals surface area contributed by atoms with Crippen LogP contribution >= 0.6 is 0 Å². The van der Waals surface area contributed by atoms with E-state index in [-0.39, 0.29) is 12.0 Å². The van der Waals surface area contributed by atoms with Crippen LogP contribution in [-0.2, 0) is 14.3 Å². The van der Waals surface area contributed by atoms with Crippen LogP contribution in [0, 0.1) is 0 Å². The lowest BCUT2D eigenvalue weighted by atomic mass is 10.2. The predicted molar refractivity (Wildman–Crippen MR) is 59.6 cm³/mol. The summed E-state index contributed by atoms with van der Waals surface area (Å²) in [5, 5.41) is 11.6. The Morgan fingerprint density at radius 2 is 2.35 bits per heavy atom. The van der Waals surface area contributed by atoms with Crippen molar-refractivity contribution in [2.75, 3.05) is 26.2 Å². The second kappa shape index (κ2) is 5.46. The Kier molecular flexibility index (Phi) is 3.96. The molecule has 17 heavy (non-hydrogen) atoms. The van der Waals surface area contributed by atoms with Crippen LogP contribution in [0.15, 0.2) is 0 Å². The molecule has 2 rings (SSSR count). The van der Waals surface area contributed by atoms with Crippen molar-refractivity contribution in [2.45, 2.75) is 31.5 Å². The molecule has 2 heterocycles. The lowest BCUT2D eigenvalue weighted by Crippen LogP contribution is -2.38. The molecular formula is C11H18N2O4. The van der Waals surface area contributed by atoms with E-state index in [1.165, 1.54) is 0 Å². The van der Waals surface area contributed by atoms with Crippen molar-refractivity contribution in [2.24, 2.45) is 0 Å². The number of carboxylic acid groups (broad SMARTS) is 1. The maximum Gasteiger partial charge on any atom is 0.332 e. The first kappa shape index (κ1) is 12.3. The molecule has 2 saturated heterocycles. The van der Waals surface area contributed by atoms with Crippen molar-refractivity contribution in [1.82, 2.24) is 10.2 Å². The average molecular weight is 242 g/mol. The smallest absolute Gasteiger partial charge is 0.332 e. The molecule has 2 aliphatic heterocycles. The summed E-state index contributed by atoms with van der Waals surface area (Å²) in [6.07, 6.45) is 1.54. The molecule has 0 radical (unpaired) electrons. The summed E-state index contributed by atoms with van der Waals surface area (Å²) in [7, 11) is 0. The zero-order chi connectivity index (χ0) is 12.3. The minimum Gasteiger partial charge on any atom is -0.479 e. The van der Waals surface area contributed by atoms with Gasteiger partial charge in [-0.1, -0.05) is 0 Å². The molecule has 2 atom stereocenters. The number of hydrogen-bond donors (Lipinski definition) is 2. The molecule has 0 aliphatic carbocycles. The van der Waals surface area contributed by atoms with Gasteiger partial charge in [-0.2, -0.15) is 0 Å². The van der Waals surface area contributed by atoms with Crippen LogP contribution in [0.4, 0.5) is 0 Å². The summed E-state index contributed by atoms with van der Waals surface area (Å²) in [6, 6.07) is 0. The van der Waals surface area contributed by atoms with E-state index in [2.05, 4.69) is 5.32 Å². The van der Waals surface area contributed by atoms with Crippen LogP contribution in [0.25, 0.3) is 0 Å². The number of carbonyl (C=O) groups excluding carboxylic acids is 1. The van der Waals surface area contributed by atoms with Crippen molar-refractivity contribution in [3.05, 3.63) is 0 Å². The highest BCUT2D eigenvalue weighted by atomic mass is 16.5. The lowest BCUT2D eigenvalue weighted by Gasteiger charge is -2.22. The third-order valence-corrected chi connectivity index (χ3v) is 3.19. The van der Waals surface area contributed by atoms with Gasteiger partial charge in [0.05, 0.1) is 12.6 Å². The quantitative estimate of drug-likeness (QED) is 0.693. The van der Waals surface area contributed by atoms with Gasteiger partial charge in [-0.15, -0.1) is 0 Å².